The van der Waals surface area contributed by atoms with Crippen LogP contribution in [0.5, 0.6) is 0 Å². The molecule has 0 atom stereocenters. The average molecular weight is 248 g/mol. The van der Waals surface area contributed by atoms with Gasteiger partial charge in [-0.1, -0.05) is 12.1 Å². The van der Waals surface area contributed by atoms with E-state index in [0.717, 1.165) is 0 Å². The summed E-state index contributed by atoms with van der Waals surface area (Å²) in [6.45, 7) is 0. The monoisotopic (exact) mass is 248 g/mol. The molecule has 0 radical (unpaired) electrons. The quantitative estimate of drug-likeness (QED) is 0.798. The molecule has 94 valence electrons. The van der Waals surface area contributed by atoms with Crippen molar-refractivity contribution in [2.24, 2.45) is 0 Å². The molecule has 7 heteroatoms. The predicted octanol–water partition coefficient (Wildman–Crippen LogP) is 1.40. The van der Waals surface area contributed by atoms with E-state index in [2.05, 4.69) is 20.4 Å². The van der Waals surface area contributed by atoms with Crippen LogP contribution >= 0.6 is 0 Å². The lowest BCUT2D eigenvalue weighted by Crippen LogP contribution is -2.27. The number of aromatic nitrogens is 2. The van der Waals surface area contributed by atoms with Crippen molar-refractivity contribution in [2.45, 2.75) is 0 Å². The first-order chi connectivity index (χ1) is 8.67. The molecule has 0 aliphatic heterocycles. The molecule has 2 N–H and O–H groups in total. The van der Waals surface area contributed by atoms with Gasteiger partial charge in [0.1, 0.15) is 0 Å². The summed E-state index contributed by atoms with van der Waals surface area (Å²) in [6.07, 6.45) is -0.685. The van der Waals surface area contributed by atoms with Crippen LogP contribution in [0.25, 0.3) is 11.0 Å². The third-order valence-corrected chi connectivity index (χ3v) is 2.38. The highest BCUT2D eigenvalue weighted by atomic mass is 16.5. The molecule has 0 fully saturated rings. The number of nitrogens with one attached hydrogen (secondary N) is 2. The van der Waals surface area contributed by atoms with Crippen LogP contribution in [0.3, 0.4) is 0 Å². The number of carbonyl (C=O) groups is 2. The number of fused-ring (bicyclic) bond motifs is 1. The molecule has 2 amide bonds. The second-order valence-corrected chi connectivity index (χ2v) is 3.43. The number of amides is 2. The molecular weight excluding hydrogens is 236 g/mol. The Bertz CT molecular complexity index is 605. The first-order valence-electron chi connectivity index (χ1n) is 5.22. The summed E-state index contributed by atoms with van der Waals surface area (Å²) in [5.41, 5.74) is 1.20. The molecule has 0 saturated carbocycles. The van der Waals surface area contributed by atoms with E-state index in [1.54, 1.807) is 24.3 Å². The van der Waals surface area contributed by atoms with Gasteiger partial charge in [0.15, 0.2) is 0 Å². The van der Waals surface area contributed by atoms with E-state index < -0.39 is 12.1 Å². The molecule has 0 bridgehead atoms. The van der Waals surface area contributed by atoms with E-state index in [9.17, 15) is 9.59 Å². The predicted molar refractivity (Wildman–Crippen MR) is 65.6 cm³/mol. The fourth-order valence-electron chi connectivity index (χ4n) is 1.57. The van der Waals surface area contributed by atoms with Gasteiger partial charge in [0, 0.05) is 7.05 Å². The topological polar surface area (TPSA) is 85.2 Å². The molecule has 7 nitrogen and oxygen atoms in total. The summed E-state index contributed by atoms with van der Waals surface area (Å²) in [6, 6.07) is 6.67. The Hall–Kier alpha value is -2.57. The van der Waals surface area contributed by atoms with Crippen molar-refractivity contribution in [3.05, 3.63) is 24.3 Å². The zero-order valence-electron chi connectivity index (χ0n) is 9.93. The number of benzene rings is 1. The minimum absolute atomic E-state index is 0.113. The normalized spacial score (nSPS) is 10.1. The zero-order valence-corrected chi connectivity index (χ0v) is 9.93. The molecule has 0 unspecified atom stereocenters. The van der Waals surface area contributed by atoms with E-state index in [4.69, 9.17) is 0 Å². The number of imidazole rings is 1. The van der Waals surface area contributed by atoms with Gasteiger partial charge in [-0.25, -0.2) is 19.1 Å². The highest BCUT2D eigenvalue weighted by molar-refractivity contribution is 5.96. The molecule has 0 aliphatic carbocycles. The lowest BCUT2D eigenvalue weighted by Gasteiger charge is -2.06. The third-order valence-electron chi connectivity index (χ3n) is 2.38. The van der Waals surface area contributed by atoms with Crippen molar-refractivity contribution in [1.29, 1.82) is 0 Å². The Morgan fingerprint density at radius 3 is 2.72 bits per heavy atom. The molecule has 1 aromatic heterocycles. The van der Waals surface area contributed by atoms with E-state index in [-0.39, 0.29) is 5.95 Å². The van der Waals surface area contributed by atoms with Gasteiger partial charge in [0.25, 0.3) is 0 Å². The van der Waals surface area contributed by atoms with E-state index in [0.29, 0.717) is 11.0 Å². The number of anilines is 1. The van der Waals surface area contributed by atoms with E-state index in [1.807, 2.05) is 0 Å². The lowest BCUT2D eigenvalue weighted by atomic mass is 10.3. The zero-order chi connectivity index (χ0) is 13.1. The van der Waals surface area contributed by atoms with Crippen molar-refractivity contribution in [3.8, 4) is 0 Å². The maximum absolute atomic E-state index is 11.8. The Kier molecular flexibility index (Phi) is 3.13. The maximum Gasteiger partial charge on any atom is 0.413 e. The smallest absolute Gasteiger partial charge is 0.413 e. The standard InChI is InChI=1S/C11H12N4O3/c1-12-10(16)15-8-6-4-3-5-7(8)13-9(15)14-11(17)18-2/h3-6H,1-2H3,(H,12,16)(H,13,14,17). The Morgan fingerprint density at radius 2 is 2.06 bits per heavy atom. The van der Waals surface area contributed by atoms with Gasteiger partial charge >= 0.3 is 12.1 Å². The summed E-state index contributed by atoms with van der Waals surface area (Å²) < 4.78 is 5.75. The highest BCUT2D eigenvalue weighted by Crippen LogP contribution is 2.19. The second kappa shape index (κ2) is 4.74. The van der Waals surface area contributed by atoms with Crippen LogP contribution in [0.4, 0.5) is 15.5 Å². The number of methoxy groups -OCH3 is 1. The number of nitrogens with zero attached hydrogens (tertiary/aromatic N) is 2. The van der Waals surface area contributed by atoms with Gasteiger partial charge in [-0.15, -0.1) is 0 Å². The molecule has 1 aromatic carbocycles. The van der Waals surface area contributed by atoms with Crippen molar-refractivity contribution in [2.75, 3.05) is 19.5 Å². The van der Waals surface area contributed by atoms with E-state index >= 15 is 0 Å². The number of ether oxygens (including phenoxy) is 1. The number of rotatable bonds is 1. The number of hydrogen-bond donors (Lipinski definition) is 2. The number of carbonyl (C=O) groups excluding carboxylic acids is 2. The van der Waals surface area contributed by atoms with E-state index in [1.165, 1.54) is 18.7 Å². The average Bonchev–Trinajstić information content (AvgIpc) is 2.75. The van der Waals surface area contributed by atoms with Gasteiger partial charge in [0.05, 0.1) is 18.1 Å². The summed E-state index contributed by atoms with van der Waals surface area (Å²) in [4.78, 5) is 27.2. The SMILES string of the molecule is CNC(=O)n1c(NC(=O)OC)nc2ccccc21. The molecule has 1 heterocycles. The molecular formula is C11H12N4O3. The minimum Gasteiger partial charge on any atom is -0.453 e. The van der Waals surface area contributed by atoms with Gasteiger partial charge in [-0.3, -0.25) is 5.32 Å². The third kappa shape index (κ3) is 1.97. The minimum atomic E-state index is -0.685. The summed E-state index contributed by atoms with van der Waals surface area (Å²) in [5.74, 6) is 0.113. The van der Waals surface area contributed by atoms with Crippen LogP contribution in [0.15, 0.2) is 24.3 Å². The van der Waals surface area contributed by atoms with Crippen molar-refractivity contribution in [3.63, 3.8) is 0 Å². The molecule has 2 rings (SSSR count). The Morgan fingerprint density at radius 1 is 1.33 bits per heavy atom. The molecule has 0 aliphatic rings. The lowest BCUT2D eigenvalue weighted by molar-refractivity contribution is 0.186. The molecule has 0 saturated heterocycles. The Labute approximate surface area is 103 Å². The Balaban J connectivity index is 2.57. The summed E-state index contributed by atoms with van der Waals surface area (Å²) >= 11 is 0. The summed E-state index contributed by atoms with van der Waals surface area (Å²) in [7, 11) is 2.74. The molecule has 18 heavy (non-hydrogen) atoms. The molecule has 0 spiro atoms. The fourth-order valence-corrected chi connectivity index (χ4v) is 1.57. The van der Waals surface area contributed by atoms with Gasteiger partial charge in [-0.05, 0) is 12.1 Å². The second-order valence-electron chi connectivity index (χ2n) is 3.43. The highest BCUT2D eigenvalue weighted by Gasteiger charge is 2.17. The van der Waals surface area contributed by atoms with Crippen LogP contribution in [0.2, 0.25) is 0 Å². The van der Waals surface area contributed by atoms with Crippen LogP contribution in [-0.2, 0) is 4.74 Å². The van der Waals surface area contributed by atoms with Gasteiger partial charge < -0.3 is 10.1 Å². The van der Waals surface area contributed by atoms with Gasteiger partial charge in [0.2, 0.25) is 5.95 Å². The maximum atomic E-state index is 11.8. The first kappa shape index (κ1) is 11.9. The van der Waals surface area contributed by atoms with Crippen LogP contribution in [0.1, 0.15) is 0 Å². The molecule has 2 aromatic rings. The van der Waals surface area contributed by atoms with Gasteiger partial charge in [-0.2, -0.15) is 0 Å². The first-order valence-corrected chi connectivity index (χ1v) is 5.22. The van der Waals surface area contributed by atoms with Crippen molar-refractivity contribution in [1.82, 2.24) is 14.9 Å². The summed E-state index contributed by atoms with van der Waals surface area (Å²) in [5, 5.41) is 4.88. The fraction of sp³-hybridized carbons (Fsp3) is 0.182. The largest absolute Gasteiger partial charge is 0.453 e. The number of hydrogen-bond acceptors (Lipinski definition) is 4. The van der Waals surface area contributed by atoms with Crippen LogP contribution < -0.4 is 10.6 Å². The van der Waals surface area contributed by atoms with Crippen LogP contribution in [0, 0.1) is 0 Å². The van der Waals surface area contributed by atoms with Crippen molar-refractivity contribution < 1.29 is 14.3 Å². The van der Waals surface area contributed by atoms with Crippen molar-refractivity contribution >= 4 is 29.1 Å². The number of para-hydroxylation sites is 2. The van der Waals surface area contributed by atoms with Crippen LogP contribution in [-0.4, -0.2) is 35.8 Å².